The topological polar surface area (TPSA) is 74.3 Å². The summed E-state index contributed by atoms with van der Waals surface area (Å²) < 4.78 is 6.67. The molecule has 2 atom stereocenters. The third kappa shape index (κ3) is 4.44. The summed E-state index contributed by atoms with van der Waals surface area (Å²) >= 11 is 2.15. The highest BCUT2D eigenvalue weighted by Crippen LogP contribution is 2.28. The molecule has 2 aromatic carbocycles. The number of hydrogen-bond donors (Lipinski definition) is 3. The lowest BCUT2D eigenvalue weighted by Crippen LogP contribution is -2.38. The molecule has 0 spiro atoms. The maximum atomic E-state index is 12.8. The maximum Gasteiger partial charge on any atom is 0.257 e. The van der Waals surface area contributed by atoms with E-state index in [1.807, 2.05) is 57.3 Å². The van der Waals surface area contributed by atoms with Gasteiger partial charge in [-0.3, -0.25) is 4.79 Å². The lowest BCUT2D eigenvalue weighted by molar-refractivity contribution is 0.0723. The van der Waals surface area contributed by atoms with Gasteiger partial charge in [0, 0.05) is 26.6 Å². The van der Waals surface area contributed by atoms with Crippen LogP contribution in [-0.2, 0) is 0 Å². The Kier molecular flexibility index (Phi) is 6.06. The van der Waals surface area contributed by atoms with E-state index in [4.69, 9.17) is 4.74 Å². The van der Waals surface area contributed by atoms with E-state index in [1.54, 1.807) is 12.1 Å². The first kappa shape index (κ1) is 19.7. The molecule has 1 aromatic heterocycles. The number of hydrogen-bond acceptors (Lipinski definition) is 3. The Labute approximate surface area is 172 Å². The number of ether oxygens (including phenoxy) is 1. The predicted octanol–water partition coefficient (Wildman–Crippen LogP) is 4.41. The molecule has 1 heterocycles. The Balaban J connectivity index is 1.80. The highest BCUT2D eigenvalue weighted by atomic mass is 127. The fourth-order valence-electron chi connectivity index (χ4n) is 3.01. The minimum Gasteiger partial charge on any atom is -0.490 e. The number of carbonyl (C=O) groups excluding carboxylic acids is 1. The molecule has 0 saturated carbocycles. The number of amides is 1. The molecule has 0 aliphatic carbocycles. The first-order valence-electron chi connectivity index (χ1n) is 8.88. The Morgan fingerprint density at radius 2 is 1.93 bits per heavy atom. The van der Waals surface area contributed by atoms with Crippen LogP contribution in [0, 0.1) is 3.57 Å². The van der Waals surface area contributed by atoms with Gasteiger partial charge in [0.1, 0.15) is 12.0 Å². The number of carbonyl (C=O) groups is 1. The van der Waals surface area contributed by atoms with Crippen molar-refractivity contribution in [3.63, 3.8) is 0 Å². The predicted molar refractivity (Wildman–Crippen MR) is 115 cm³/mol. The van der Waals surface area contributed by atoms with Crippen molar-refractivity contribution in [2.45, 2.75) is 39.0 Å². The molecule has 2 unspecified atom stereocenters. The van der Waals surface area contributed by atoms with Crippen LogP contribution in [0.1, 0.15) is 42.6 Å². The van der Waals surface area contributed by atoms with Crippen LogP contribution in [0.2, 0.25) is 0 Å². The minimum absolute atomic E-state index is 0.0494. The molecule has 0 saturated heterocycles. The number of H-pyrrole nitrogens is 1. The van der Waals surface area contributed by atoms with Gasteiger partial charge in [-0.05, 0) is 66.3 Å². The molecule has 0 bridgehead atoms. The second-order valence-corrected chi connectivity index (χ2v) is 8.05. The van der Waals surface area contributed by atoms with Gasteiger partial charge in [0.05, 0.1) is 11.7 Å². The molecule has 1 amide bonds. The maximum absolute atomic E-state index is 12.8. The molecule has 3 aromatic rings. The molecule has 3 rings (SSSR count). The van der Waals surface area contributed by atoms with Gasteiger partial charge in [0.25, 0.3) is 5.91 Å². The Morgan fingerprint density at radius 3 is 2.67 bits per heavy atom. The van der Waals surface area contributed by atoms with Crippen molar-refractivity contribution in [3.05, 3.63) is 63.4 Å². The standard InChI is InChI=1S/C21H23IN2O3/c1-12(2)27-19-9-8-14(22)10-16(19)21(26)24-20(25)13(3)17-11-23-18-7-5-4-6-15(17)18/h4-13,20,23,25H,1-3H3,(H,24,26). The SMILES string of the molecule is CC(C)Oc1ccc(I)cc1C(=O)NC(O)C(C)c1c[nH]c2ccccc12. The van der Waals surface area contributed by atoms with Crippen LogP contribution < -0.4 is 10.1 Å². The highest BCUT2D eigenvalue weighted by Gasteiger charge is 2.23. The number of aliphatic hydroxyl groups is 1. The van der Waals surface area contributed by atoms with Gasteiger partial charge in [0.15, 0.2) is 0 Å². The summed E-state index contributed by atoms with van der Waals surface area (Å²) in [4.78, 5) is 16.0. The minimum atomic E-state index is -1.03. The van der Waals surface area contributed by atoms with Crippen LogP contribution in [0.3, 0.4) is 0 Å². The highest BCUT2D eigenvalue weighted by molar-refractivity contribution is 14.1. The zero-order valence-electron chi connectivity index (χ0n) is 15.5. The van der Waals surface area contributed by atoms with Crippen molar-refractivity contribution < 1.29 is 14.6 Å². The number of rotatable bonds is 6. The van der Waals surface area contributed by atoms with E-state index in [9.17, 15) is 9.90 Å². The third-order valence-corrected chi connectivity index (χ3v) is 5.08. The van der Waals surface area contributed by atoms with Gasteiger partial charge in [-0.15, -0.1) is 0 Å². The summed E-state index contributed by atoms with van der Waals surface area (Å²) in [6, 6.07) is 13.3. The van der Waals surface area contributed by atoms with E-state index in [2.05, 4.69) is 32.9 Å². The zero-order valence-corrected chi connectivity index (χ0v) is 17.7. The summed E-state index contributed by atoms with van der Waals surface area (Å²) in [7, 11) is 0. The van der Waals surface area contributed by atoms with Gasteiger partial charge in [-0.2, -0.15) is 0 Å². The van der Waals surface area contributed by atoms with Crippen LogP contribution in [0.15, 0.2) is 48.7 Å². The average Bonchev–Trinajstić information content (AvgIpc) is 3.06. The summed E-state index contributed by atoms with van der Waals surface area (Å²) in [5.74, 6) is -0.124. The molecule has 3 N–H and O–H groups in total. The third-order valence-electron chi connectivity index (χ3n) is 4.41. The van der Waals surface area contributed by atoms with Crippen molar-refractivity contribution in [3.8, 4) is 5.75 Å². The molecule has 0 fully saturated rings. The summed E-state index contributed by atoms with van der Waals surface area (Å²) in [6.07, 6.45) is 0.803. The van der Waals surface area contributed by atoms with Crippen molar-refractivity contribution >= 4 is 39.4 Å². The molecular weight excluding hydrogens is 455 g/mol. The number of nitrogens with one attached hydrogen (secondary N) is 2. The number of aromatic amines is 1. The quantitative estimate of drug-likeness (QED) is 0.363. The fourth-order valence-corrected chi connectivity index (χ4v) is 3.51. The molecule has 0 radical (unpaired) electrons. The van der Waals surface area contributed by atoms with Crippen molar-refractivity contribution in [2.75, 3.05) is 0 Å². The number of benzene rings is 2. The second-order valence-electron chi connectivity index (χ2n) is 6.80. The Hall–Kier alpha value is -2.06. The number of halogens is 1. The van der Waals surface area contributed by atoms with Crippen LogP contribution >= 0.6 is 22.6 Å². The van der Waals surface area contributed by atoms with Crippen molar-refractivity contribution in [1.29, 1.82) is 0 Å². The zero-order chi connectivity index (χ0) is 19.6. The van der Waals surface area contributed by atoms with Crippen LogP contribution in [0.5, 0.6) is 5.75 Å². The molecule has 0 aliphatic heterocycles. The Morgan fingerprint density at radius 1 is 1.19 bits per heavy atom. The van der Waals surface area contributed by atoms with Crippen LogP contribution in [-0.4, -0.2) is 28.3 Å². The molecule has 5 nitrogen and oxygen atoms in total. The lowest BCUT2D eigenvalue weighted by atomic mass is 9.98. The number of para-hydroxylation sites is 1. The van der Waals surface area contributed by atoms with E-state index >= 15 is 0 Å². The van der Waals surface area contributed by atoms with Crippen LogP contribution in [0.4, 0.5) is 0 Å². The fraction of sp³-hybridized carbons (Fsp3) is 0.286. The van der Waals surface area contributed by atoms with E-state index < -0.39 is 6.23 Å². The van der Waals surface area contributed by atoms with Crippen molar-refractivity contribution in [1.82, 2.24) is 10.3 Å². The van der Waals surface area contributed by atoms with E-state index in [0.717, 1.165) is 20.0 Å². The number of fused-ring (bicyclic) bond motifs is 1. The lowest BCUT2D eigenvalue weighted by Gasteiger charge is -2.21. The number of aromatic nitrogens is 1. The largest absolute Gasteiger partial charge is 0.490 e. The number of aliphatic hydroxyl groups excluding tert-OH is 1. The van der Waals surface area contributed by atoms with Crippen molar-refractivity contribution in [2.24, 2.45) is 0 Å². The molecule has 6 heteroatoms. The summed E-state index contributed by atoms with van der Waals surface area (Å²) in [5, 5.41) is 14.4. The summed E-state index contributed by atoms with van der Waals surface area (Å²) in [6.45, 7) is 5.71. The first-order chi connectivity index (χ1) is 12.9. The van der Waals surface area contributed by atoms with Gasteiger partial charge in [0.2, 0.25) is 0 Å². The Bertz CT molecular complexity index is 952. The van der Waals surface area contributed by atoms with Gasteiger partial charge >= 0.3 is 0 Å². The van der Waals surface area contributed by atoms with E-state index in [-0.39, 0.29) is 17.9 Å². The molecule has 0 aliphatic rings. The van der Waals surface area contributed by atoms with Gasteiger partial charge < -0.3 is 20.1 Å². The summed E-state index contributed by atoms with van der Waals surface area (Å²) in [5.41, 5.74) is 2.38. The molecule has 142 valence electrons. The van der Waals surface area contributed by atoms with Crippen LogP contribution in [0.25, 0.3) is 10.9 Å². The normalized spacial score (nSPS) is 13.6. The molecular formula is C21H23IN2O3. The first-order valence-corrected chi connectivity index (χ1v) is 9.96. The van der Waals surface area contributed by atoms with E-state index in [0.29, 0.717) is 11.3 Å². The monoisotopic (exact) mass is 478 g/mol. The average molecular weight is 478 g/mol. The smallest absolute Gasteiger partial charge is 0.257 e. The molecule has 27 heavy (non-hydrogen) atoms. The van der Waals surface area contributed by atoms with Gasteiger partial charge in [-0.1, -0.05) is 25.1 Å². The van der Waals surface area contributed by atoms with Gasteiger partial charge in [-0.25, -0.2) is 0 Å². The van der Waals surface area contributed by atoms with E-state index in [1.165, 1.54) is 0 Å². The second kappa shape index (κ2) is 8.31.